The van der Waals surface area contributed by atoms with E-state index in [-0.39, 0.29) is 6.42 Å². The molecule has 0 radical (unpaired) electrons. The molecule has 0 atom stereocenters. The summed E-state index contributed by atoms with van der Waals surface area (Å²) in [6, 6.07) is -0.839. The van der Waals surface area contributed by atoms with E-state index in [4.69, 9.17) is 5.73 Å². The van der Waals surface area contributed by atoms with E-state index in [1.807, 2.05) is 12.2 Å². The average molecular weight is 243 g/mol. The molecule has 0 unspecified atom stereocenters. The van der Waals surface area contributed by atoms with Crippen LogP contribution in [0.5, 0.6) is 0 Å². The first-order valence-electron chi connectivity index (χ1n) is 4.77. The van der Waals surface area contributed by atoms with Crippen molar-refractivity contribution in [2.24, 2.45) is 5.73 Å². The zero-order valence-corrected chi connectivity index (χ0v) is 9.63. The Labute approximate surface area is 96.6 Å². The fraction of sp³-hybridized carbons (Fsp3) is 0.500. The quantitative estimate of drug-likeness (QED) is 0.679. The van der Waals surface area contributed by atoms with Gasteiger partial charge in [-0.1, -0.05) is 6.92 Å². The van der Waals surface area contributed by atoms with Gasteiger partial charge in [0.25, 0.3) is 0 Å². The number of carbonyl (C=O) groups excluding carboxylic acids is 2. The van der Waals surface area contributed by atoms with E-state index in [1.54, 1.807) is 0 Å². The lowest BCUT2D eigenvalue weighted by Gasteiger charge is -2.01. The second-order valence-corrected chi connectivity index (χ2v) is 3.71. The number of primary amides is 1. The Kier molecular flexibility index (Phi) is 4.65. The highest BCUT2D eigenvalue weighted by Crippen LogP contribution is 2.10. The molecule has 1 heterocycles. The van der Waals surface area contributed by atoms with E-state index in [2.05, 4.69) is 14.7 Å². The van der Waals surface area contributed by atoms with Crippen molar-refractivity contribution < 1.29 is 9.59 Å². The molecule has 0 aliphatic heterocycles. The molecular weight excluding hydrogens is 230 g/mol. The van der Waals surface area contributed by atoms with Crippen molar-refractivity contribution in [3.63, 3.8) is 0 Å². The number of amides is 3. The Bertz CT molecular complexity index is 378. The molecule has 1 aromatic rings. The maximum atomic E-state index is 11.0. The third-order valence-corrected chi connectivity index (χ3v) is 2.39. The van der Waals surface area contributed by atoms with Crippen molar-refractivity contribution >= 4 is 28.6 Å². The number of nitrogens with zero attached hydrogens (tertiary/aromatic N) is 2. The Morgan fingerprint density at radius 3 is 2.81 bits per heavy atom. The fourth-order valence-electron chi connectivity index (χ4n) is 0.952. The molecular formula is C8H13N5O2S. The van der Waals surface area contributed by atoms with E-state index in [9.17, 15) is 9.59 Å². The summed E-state index contributed by atoms with van der Waals surface area (Å²) in [5.74, 6) is 0.356. The van der Waals surface area contributed by atoms with Gasteiger partial charge in [-0.15, -0.1) is 0 Å². The number of hydrogen-bond donors (Lipinski definition) is 3. The lowest BCUT2D eigenvalue weighted by molar-refractivity contribution is -0.119. The standard InChI is InChI=1S/C8H13N5O2S/c1-2-5-11-8(16-13-5)10-4-3-6(14)12-7(9)15/h2-4H2,1H3,(H,10,11,13)(H3,9,12,14,15). The second kappa shape index (κ2) is 6.01. The summed E-state index contributed by atoms with van der Waals surface area (Å²) >= 11 is 1.24. The zero-order valence-electron chi connectivity index (χ0n) is 8.82. The van der Waals surface area contributed by atoms with Crippen LogP contribution in [0, 0.1) is 0 Å². The van der Waals surface area contributed by atoms with Gasteiger partial charge in [0.2, 0.25) is 11.0 Å². The first kappa shape index (κ1) is 12.4. The zero-order chi connectivity index (χ0) is 12.0. The maximum absolute atomic E-state index is 11.0. The van der Waals surface area contributed by atoms with Crippen molar-refractivity contribution in [1.82, 2.24) is 14.7 Å². The molecule has 8 heteroatoms. The molecule has 7 nitrogen and oxygen atoms in total. The molecule has 4 N–H and O–H groups in total. The number of urea groups is 1. The number of nitrogens with two attached hydrogens (primary N) is 1. The van der Waals surface area contributed by atoms with Crippen molar-refractivity contribution in [2.45, 2.75) is 19.8 Å². The normalized spacial score (nSPS) is 9.81. The van der Waals surface area contributed by atoms with E-state index < -0.39 is 11.9 Å². The largest absolute Gasteiger partial charge is 0.360 e. The lowest BCUT2D eigenvalue weighted by atomic mass is 10.4. The smallest absolute Gasteiger partial charge is 0.318 e. The molecule has 1 aromatic heterocycles. The summed E-state index contributed by atoms with van der Waals surface area (Å²) in [7, 11) is 0. The van der Waals surface area contributed by atoms with Gasteiger partial charge in [-0.05, 0) is 0 Å². The van der Waals surface area contributed by atoms with Crippen LogP contribution in [-0.2, 0) is 11.2 Å². The number of rotatable bonds is 5. The molecule has 88 valence electrons. The first-order chi connectivity index (χ1) is 7.61. The summed E-state index contributed by atoms with van der Waals surface area (Å²) in [6.45, 7) is 2.35. The number of carbonyl (C=O) groups is 2. The number of nitrogens with one attached hydrogen (secondary N) is 2. The van der Waals surface area contributed by atoms with Gasteiger partial charge in [0.1, 0.15) is 5.82 Å². The van der Waals surface area contributed by atoms with E-state index in [1.165, 1.54) is 11.5 Å². The molecule has 0 spiro atoms. The third kappa shape index (κ3) is 4.22. The van der Waals surface area contributed by atoms with Crippen LogP contribution in [0.4, 0.5) is 9.93 Å². The first-order valence-corrected chi connectivity index (χ1v) is 5.55. The van der Waals surface area contributed by atoms with Gasteiger partial charge < -0.3 is 11.1 Å². The molecule has 1 rings (SSSR count). The van der Waals surface area contributed by atoms with Gasteiger partial charge in [-0.3, -0.25) is 10.1 Å². The van der Waals surface area contributed by atoms with Gasteiger partial charge in [-0.2, -0.15) is 4.37 Å². The summed E-state index contributed by atoms with van der Waals surface area (Å²) in [4.78, 5) is 25.5. The summed E-state index contributed by atoms with van der Waals surface area (Å²) in [5.41, 5.74) is 4.79. The monoisotopic (exact) mass is 243 g/mol. The minimum atomic E-state index is -0.839. The Morgan fingerprint density at radius 1 is 1.50 bits per heavy atom. The molecule has 16 heavy (non-hydrogen) atoms. The molecule has 0 aliphatic carbocycles. The van der Waals surface area contributed by atoms with Gasteiger partial charge in [0.15, 0.2) is 0 Å². The predicted octanol–water partition coefficient (Wildman–Crippen LogP) is 0.0974. The number of imide groups is 1. The highest BCUT2D eigenvalue weighted by Gasteiger charge is 2.05. The Balaban J connectivity index is 2.25. The number of anilines is 1. The molecule has 0 saturated heterocycles. The molecule has 0 aliphatic rings. The molecule has 0 saturated carbocycles. The summed E-state index contributed by atoms with van der Waals surface area (Å²) in [5, 5.41) is 5.58. The molecule has 0 fully saturated rings. The molecule has 0 bridgehead atoms. The predicted molar refractivity (Wildman–Crippen MR) is 60.1 cm³/mol. The van der Waals surface area contributed by atoms with E-state index in [0.29, 0.717) is 11.7 Å². The average Bonchev–Trinajstić information content (AvgIpc) is 2.64. The topological polar surface area (TPSA) is 110 Å². The number of aryl methyl sites for hydroxylation is 1. The summed E-state index contributed by atoms with van der Waals surface area (Å²) < 4.78 is 4.07. The van der Waals surface area contributed by atoms with Crippen molar-refractivity contribution in [1.29, 1.82) is 0 Å². The second-order valence-electron chi connectivity index (χ2n) is 2.96. The van der Waals surface area contributed by atoms with Crippen LogP contribution in [0.15, 0.2) is 0 Å². The maximum Gasteiger partial charge on any atom is 0.318 e. The van der Waals surface area contributed by atoms with Crippen LogP contribution < -0.4 is 16.4 Å². The molecule has 3 amide bonds. The van der Waals surface area contributed by atoms with Gasteiger partial charge >= 0.3 is 6.03 Å². The van der Waals surface area contributed by atoms with Crippen LogP contribution in [0.25, 0.3) is 0 Å². The van der Waals surface area contributed by atoms with E-state index >= 15 is 0 Å². The fourth-order valence-corrected chi connectivity index (χ4v) is 1.63. The SMILES string of the molecule is CCc1nsc(NCCC(=O)NC(N)=O)n1. The van der Waals surface area contributed by atoms with Crippen molar-refractivity contribution in [3.8, 4) is 0 Å². The van der Waals surface area contributed by atoms with Crippen LogP contribution >= 0.6 is 11.5 Å². The van der Waals surface area contributed by atoms with Gasteiger partial charge in [-0.25, -0.2) is 9.78 Å². The highest BCUT2D eigenvalue weighted by molar-refractivity contribution is 7.09. The highest BCUT2D eigenvalue weighted by atomic mass is 32.1. The Hall–Kier alpha value is -1.70. The minimum absolute atomic E-state index is 0.157. The van der Waals surface area contributed by atoms with Crippen LogP contribution in [0.1, 0.15) is 19.2 Å². The van der Waals surface area contributed by atoms with Gasteiger partial charge in [0, 0.05) is 30.9 Å². The lowest BCUT2D eigenvalue weighted by Crippen LogP contribution is -2.35. The van der Waals surface area contributed by atoms with Crippen LogP contribution in [0.3, 0.4) is 0 Å². The minimum Gasteiger partial charge on any atom is -0.360 e. The van der Waals surface area contributed by atoms with Crippen molar-refractivity contribution in [3.05, 3.63) is 5.82 Å². The number of hydrogen-bond acceptors (Lipinski definition) is 6. The Morgan fingerprint density at radius 2 is 2.25 bits per heavy atom. The summed E-state index contributed by atoms with van der Waals surface area (Å²) in [6.07, 6.45) is 0.935. The van der Waals surface area contributed by atoms with Crippen LogP contribution in [0.2, 0.25) is 0 Å². The van der Waals surface area contributed by atoms with Gasteiger partial charge in [0.05, 0.1) is 0 Å². The van der Waals surface area contributed by atoms with Crippen LogP contribution in [-0.4, -0.2) is 27.8 Å². The van der Waals surface area contributed by atoms with Crippen molar-refractivity contribution in [2.75, 3.05) is 11.9 Å². The van der Waals surface area contributed by atoms with E-state index in [0.717, 1.165) is 12.2 Å². The third-order valence-electron chi connectivity index (χ3n) is 1.68. The number of aromatic nitrogens is 2. The molecule has 0 aromatic carbocycles.